The molecule has 2 aliphatic rings. The molecule has 7 nitrogen and oxygen atoms in total. The molecule has 0 aromatic carbocycles. The molecule has 1 heterocycles. The van der Waals surface area contributed by atoms with Crippen LogP contribution in [0.15, 0.2) is 6.20 Å². The van der Waals surface area contributed by atoms with Crippen LogP contribution in [0, 0.1) is 5.92 Å². The molecular weight excluding hydrogens is 332 g/mol. The van der Waals surface area contributed by atoms with E-state index in [-0.39, 0.29) is 18.1 Å². The number of aromatic nitrogens is 2. The first-order chi connectivity index (χ1) is 12.3. The molecule has 2 aliphatic carbocycles. The molecule has 2 atom stereocenters. The molecule has 0 saturated heterocycles. The Hall–Kier alpha value is -1.73. The predicted molar refractivity (Wildman–Crippen MR) is 98.7 cm³/mol. The van der Waals surface area contributed by atoms with Crippen molar-refractivity contribution in [1.82, 2.24) is 9.97 Å². The number of hydrogen-bond acceptors (Lipinski definition) is 6. The Bertz CT molecular complexity index is 642. The fourth-order valence-electron chi connectivity index (χ4n) is 4.30. The summed E-state index contributed by atoms with van der Waals surface area (Å²) in [6.45, 7) is 1.87. The van der Waals surface area contributed by atoms with E-state index in [9.17, 15) is 15.0 Å². The average molecular weight is 362 g/mol. The van der Waals surface area contributed by atoms with Crippen LogP contribution in [0.5, 0.6) is 0 Å². The molecule has 1 aromatic heterocycles. The molecular formula is C19H30N4O3. The number of nitrogens with zero attached hydrogens (tertiary/aromatic N) is 2. The van der Waals surface area contributed by atoms with Gasteiger partial charge in [0.05, 0.1) is 23.0 Å². The van der Waals surface area contributed by atoms with Gasteiger partial charge in [0.2, 0.25) is 5.95 Å². The summed E-state index contributed by atoms with van der Waals surface area (Å²) in [4.78, 5) is 20.6. The van der Waals surface area contributed by atoms with E-state index in [0.29, 0.717) is 30.0 Å². The highest BCUT2D eigenvalue weighted by Gasteiger charge is 2.31. The first-order valence-corrected chi connectivity index (χ1v) is 9.65. The molecule has 144 valence electrons. The molecule has 0 bridgehead atoms. The van der Waals surface area contributed by atoms with Crippen molar-refractivity contribution in [1.29, 1.82) is 0 Å². The van der Waals surface area contributed by atoms with Crippen LogP contribution in [0.4, 0.5) is 5.95 Å². The quantitative estimate of drug-likeness (QED) is 0.633. The Morgan fingerprint density at radius 3 is 2.73 bits per heavy atom. The van der Waals surface area contributed by atoms with Crippen molar-refractivity contribution in [2.75, 3.05) is 5.32 Å². The summed E-state index contributed by atoms with van der Waals surface area (Å²) in [5.41, 5.74) is 5.88. The number of aliphatic hydroxyl groups excluding tert-OH is 1. The third kappa shape index (κ3) is 4.92. The van der Waals surface area contributed by atoms with Crippen LogP contribution in [-0.2, 0) is 6.42 Å². The van der Waals surface area contributed by atoms with Crippen molar-refractivity contribution in [3.05, 3.63) is 17.5 Å². The highest BCUT2D eigenvalue weighted by Crippen LogP contribution is 2.34. The van der Waals surface area contributed by atoms with Gasteiger partial charge in [0.25, 0.3) is 5.91 Å². The van der Waals surface area contributed by atoms with Crippen LogP contribution in [0.1, 0.15) is 74.3 Å². The lowest BCUT2D eigenvalue weighted by atomic mass is 9.77. The number of carbonyl (C=O) groups is 1. The highest BCUT2D eigenvalue weighted by molar-refractivity contribution is 5.93. The fraction of sp³-hybridized carbons (Fsp3) is 0.737. The van der Waals surface area contributed by atoms with E-state index in [2.05, 4.69) is 15.3 Å². The minimum Gasteiger partial charge on any atom is -0.393 e. The number of primary amides is 1. The summed E-state index contributed by atoms with van der Waals surface area (Å²) in [5.74, 6) is 0.272. The van der Waals surface area contributed by atoms with Gasteiger partial charge in [-0.05, 0) is 64.2 Å². The van der Waals surface area contributed by atoms with Crippen molar-refractivity contribution < 1.29 is 15.0 Å². The normalized spacial score (nSPS) is 32.2. The van der Waals surface area contributed by atoms with Gasteiger partial charge >= 0.3 is 0 Å². The van der Waals surface area contributed by atoms with Gasteiger partial charge in [-0.3, -0.25) is 4.79 Å². The zero-order valence-corrected chi connectivity index (χ0v) is 15.4. The van der Waals surface area contributed by atoms with E-state index in [4.69, 9.17) is 5.73 Å². The Balaban J connectivity index is 1.73. The maximum Gasteiger partial charge on any atom is 0.252 e. The average Bonchev–Trinajstić information content (AvgIpc) is 2.56. The molecule has 0 aliphatic heterocycles. The predicted octanol–water partition coefficient (Wildman–Crippen LogP) is 1.77. The van der Waals surface area contributed by atoms with Crippen molar-refractivity contribution in [3.63, 3.8) is 0 Å². The molecule has 1 aromatic rings. The van der Waals surface area contributed by atoms with Gasteiger partial charge in [-0.1, -0.05) is 6.42 Å². The summed E-state index contributed by atoms with van der Waals surface area (Å²) < 4.78 is 0. The first kappa shape index (κ1) is 19.0. The van der Waals surface area contributed by atoms with Crippen LogP contribution < -0.4 is 11.1 Å². The highest BCUT2D eigenvalue weighted by atomic mass is 16.3. The number of carbonyl (C=O) groups excluding carboxylic acids is 1. The summed E-state index contributed by atoms with van der Waals surface area (Å²) in [5, 5.41) is 23.3. The Labute approximate surface area is 154 Å². The Kier molecular flexibility index (Phi) is 5.77. The second-order valence-electron chi connectivity index (χ2n) is 8.23. The van der Waals surface area contributed by atoms with E-state index in [1.165, 1.54) is 6.20 Å². The smallest absolute Gasteiger partial charge is 0.252 e. The van der Waals surface area contributed by atoms with Gasteiger partial charge in [0, 0.05) is 12.2 Å². The van der Waals surface area contributed by atoms with Gasteiger partial charge in [0.15, 0.2) is 0 Å². The number of rotatable bonds is 5. The SMILES string of the molecule is CC1(O)CCC[C@@H](Cc2nc(NC3CCC(O)CC3)ncc2C(N)=O)C1. The van der Waals surface area contributed by atoms with Crippen molar-refractivity contribution >= 4 is 11.9 Å². The monoisotopic (exact) mass is 362 g/mol. The standard InChI is InChI=1S/C19H30N4O3/c1-19(26)8-2-3-12(10-19)9-16-15(17(20)25)11-21-18(23-16)22-13-4-6-14(24)7-5-13/h11-14,24,26H,2-10H2,1H3,(H2,20,25)(H,21,22,23)/t12-,13?,14?,19?/m0/s1. The Morgan fingerprint density at radius 1 is 1.35 bits per heavy atom. The molecule has 2 saturated carbocycles. The number of nitrogens with two attached hydrogens (primary N) is 1. The summed E-state index contributed by atoms with van der Waals surface area (Å²) >= 11 is 0. The largest absolute Gasteiger partial charge is 0.393 e. The van der Waals surface area contributed by atoms with E-state index >= 15 is 0 Å². The first-order valence-electron chi connectivity index (χ1n) is 9.65. The van der Waals surface area contributed by atoms with Crippen LogP contribution in [0.25, 0.3) is 0 Å². The molecule has 1 amide bonds. The van der Waals surface area contributed by atoms with E-state index < -0.39 is 11.5 Å². The van der Waals surface area contributed by atoms with Gasteiger partial charge in [-0.15, -0.1) is 0 Å². The number of aliphatic hydroxyl groups is 2. The minimum absolute atomic E-state index is 0.208. The van der Waals surface area contributed by atoms with E-state index in [1.54, 1.807) is 0 Å². The summed E-state index contributed by atoms with van der Waals surface area (Å²) in [6, 6.07) is 0.237. The number of anilines is 1. The summed E-state index contributed by atoms with van der Waals surface area (Å²) in [6.07, 6.45) is 8.75. The fourth-order valence-corrected chi connectivity index (χ4v) is 4.30. The molecule has 2 fully saturated rings. The zero-order chi connectivity index (χ0) is 18.7. The molecule has 7 heteroatoms. The third-order valence-corrected chi connectivity index (χ3v) is 5.70. The van der Waals surface area contributed by atoms with Crippen molar-refractivity contribution in [3.8, 4) is 0 Å². The molecule has 26 heavy (non-hydrogen) atoms. The lowest BCUT2D eigenvalue weighted by Gasteiger charge is -2.34. The molecule has 0 spiro atoms. The van der Waals surface area contributed by atoms with Crippen LogP contribution in [-0.4, -0.2) is 43.8 Å². The van der Waals surface area contributed by atoms with E-state index in [1.807, 2.05) is 6.92 Å². The lowest BCUT2D eigenvalue weighted by Crippen LogP contribution is -2.33. The van der Waals surface area contributed by atoms with Crippen LogP contribution >= 0.6 is 0 Å². The van der Waals surface area contributed by atoms with Crippen molar-refractivity contribution in [2.24, 2.45) is 11.7 Å². The molecule has 3 rings (SSSR count). The number of amides is 1. The number of nitrogens with one attached hydrogen (secondary N) is 1. The maximum absolute atomic E-state index is 11.8. The van der Waals surface area contributed by atoms with E-state index in [0.717, 1.165) is 44.9 Å². The third-order valence-electron chi connectivity index (χ3n) is 5.70. The van der Waals surface area contributed by atoms with Gasteiger partial charge in [-0.2, -0.15) is 0 Å². The lowest BCUT2D eigenvalue weighted by molar-refractivity contribution is 0.00107. The molecule has 1 unspecified atom stereocenters. The topological polar surface area (TPSA) is 121 Å². The molecule has 0 radical (unpaired) electrons. The van der Waals surface area contributed by atoms with Gasteiger partial charge < -0.3 is 21.3 Å². The van der Waals surface area contributed by atoms with Crippen LogP contribution in [0.2, 0.25) is 0 Å². The summed E-state index contributed by atoms with van der Waals surface area (Å²) in [7, 11) is 0. The van der Waals surface area contributed by atoms with Crippen molar-refractivity contribution in [2.45, 2.75) is 82.5 Å². The minimum atomic E-state index is -0.646. The number of hydrogen-bond donors (Lipinski definition) is 4. The van der Waals surface area contributed by atoms with Crippen LogP contribution in [0.3, 0.4) is 0 Å². The van der Waals surface area contributed by atoms with Gasteiger partial charge in [0.1, 0.15) is 0 Å². The molecule has 5 N–H and O–H groups in total. The maximum atomic E-state index is 11.8. The zero-order valence-electron chi connectivity index (χ0n) is 15.4. The Morgan fingerprint density at radius 2 is 2.08 bits per heavy atom. The second kappa shape index (κ2) is 7.88. The van der Waals surface area contributed by atoms with Gasteiger partial charge in [-0.25, -0.2) is 9.97 Å². The second-order valence-corrected chi connectivity index (χ2v) is 8.23.